The summed E-state index contributed by atoms with van der Waals surface area (Å²) in [6, 6.07) is 0.941. The molecule has 1 N–H and O–H groups in total. The van der Waals surface area contributed by atoms with Crippen LogP contribution in [0.15, 0.2) is 4.52 Å². The molecule has 1 saturated carbocycles. The third-order valence-electron chi connectivity index (χ3n) is 4.62. The van der Waals surface area contributed by atoms with Crippen molar-refractivity contribution >= 4 is 0 Å². The highest BCUT2D eigenvalue weighted by Gasteiger charge is 2.34. The quantitative estimate of drug-likeness (QED) is 0.896. The second-order valence-electron chi connectivity index (χ2n) is 7.73. The van der Waals surface area contributed by atoms with Crippen LogP contribution in [0.25, 0.3) is 0 Å². The first-order valence-electron chi connectivity index (χ1n) is 8.10. The van der Waals surface area contributed by atoms with Crippen molar-refractivity contribution in [3.63, 3.8) is 0 Å². The molecule has 0 amide bonds. The molecule has 0 aromatic carbocycles. The average Bonchev–Trinajstić information content (AvgIpc) is 2.84. The van der Waals surface area contributed by atoms with Gasteiger partial charge in [-0.3, -0.25) is 0 Å². The van der Waals surface area contributed by atoms with Crippen molar-refractivity contribution in [1.82, 2.24) is 15.5 Å². The Kier molecular flexibility index (Phi) is 3.85. The van der Waals surface area contributed by atoms with E-state index in [1.54, 1.807) is 0 Å². The van der Waals surface area contributed by atoms with Gasteiger partial charge in [-0.1, -0.05) is 38.8 Å². The smallest absolute Gasteiger partial charge is 0.243 e. The first-order chi connectivity index (χ1) is 9.51. The van der Waals surface area contributed by atoms with Crippen LogP contribution in [0.5, 0.6) is 0 Å². The predicted molar refractivity (Wildman–Crippen MR) is 78.3 cm³/mol. The molecular weight excluding hydrogens is 250 g/mol. The topological polar surface area (TPSA) is 51.0 Å². The zero-order valence-electron chi connectivity index (χ0n) is 13.0. The van der Waals surface area contributed by atoms with Gasteiger partial charge in [0.1, 0.15) is 0 Å². The minimum absolute atomic E-state index is 0.204. The molecule has 1 aliphatic carbocycles. The molecule has 1 aromatic heterocycles. The average molecular weight is 277 g/mol. The molecule has 1 aromatic rings. The minimum atomic E-state index is 0.204. The van der Waals surface area contributed by atoms with Crippen LogP contribution in [0.2, 0.25) is 0 Å². The highest BCUT2D eigenvalue weighted by molar-refractivity contribution is 4.99. The van der Waals surface area contributed by atoms with Crippen molar-refractivity contribution in [2.24, 2.45) is 11.3 Å². The molecule has 0 spiro atoms. The Hall–Kier alpha value is -0.900. The maximum absolute atomic E-state index is 5.51. The number of hydrogen-bond acceptors (Lipinski definition) is 4. The molecule has 2 heterocycles. The molecule has 3 unspecified atom stereocenters. The van der Waals surface area contributed by atoms with Crippen molar-refractivity contribution < 1.29 is 4.52 Å². The van der Waals surface area contributed by atoms with Crippen LogP contribution in [0.1, 0.15) is 77.1 Å². The molecule has 1 aliphatic heterocycles. The summed E-state index contributed by atoms with van der Waals surface area (Å²) in [4.78, 5) is 4.62. The summed E-state index contributed by atoms with van der Waals surface area (Å²) >= 11 is 0. The zero-order valence-corrected chi connectivity index (χ0v) is 13.0. The summed E-state index contributed by atoms with van der Waals surface area (Å²) in [6.07, 6.45) is 8.78. The fourth-order valence-corrected chi connectivity index (χ4v) is 3.65. The van der Waals surface area contributed by atoms with Gasteiger partial charge in [0.25, 0.3) is 0 Å². The SMILES string of the molecule is CC(C)(C)Cc1noc(C2CCC3CCCCC3N2)n1. The molecule has 0 bridgehead atoms. The van der Waals surface area contributed by atoms with Gasteiger partial charge in [-0.15, -0.1) is 0 Å². The van der Waals surface area contributed by atoms with Crippen molar-refractivity contribution in [1.29, 1.82) is 0 Å². The minimum Gasteiger partial charge on any atom is -0.338 e. The van der Waals surface area contributed by atoms with E-state index in [4.69, 9.17) is 4.52 Å². The molecule has 3 rings (SSSR count). The van der Waals surface area contributed by atoms with Crippen LogP contribution < -0.4 is 5.32 Å². The Balaban J connectivity index is 1.64. The monoisotopic (exact) mass is 277 g/mol. The van der Waals surface area contributed by atoms with Crippen LogP contribution in [0, 0.1) is 11.3 Å². The van der Waals surface area contributed by atoms with Crippen LogP contribution in [0.4, 0.5) is 0 Å². The van der Waals surface area contributed by atoms with Gasteiger partial charge < -0.3 is 9.84 Å². The van der Waals surface area contributed by atoms with E-state index in [1.807, 2.05) is 0 Å². The molecule has 0 radical (unpaired) electrons. The first kappa shape index (κ1) is 14.1. The van der Waals surface area contributed by atoms with E-state index in [2.05, 4.69) is 36.2 Å². The molecule has 112 valence electrons. The van der Waals surface area contributed by atoms with Crippen LogP contribution in [-0.2, 0) is 6.42 Å². The molecule has 3 atom stereocenters. The Labute approximate surface area is 121 Å². The molecule has 2 aliphatic rings. The highest BCUT2D eigenvalue weighted by Crippen LogP contribution is 2.36. The molecule has 4 heteroatoms. The number of fused-ring (bicyclic) bond motifs is 1. The van der Waals surface area contributed by atoms with E-state index in [9.17, 15) is 0 Å². The van der Waals surface area contributed by atoms with Crippen molar-refractivity contribution in [3.05, 3.63) is 11.7 Å². The molecular formula is C16H27N3O. The van der Waals surface area contributed by atoms with Crippen molar-refractivity contribution in [2.45, 2.75) is 77.8 Å². The van der Waals surface area contributed by atoms with Crippen LogP contribution in [-0.4, -0.2) is 16.2 Å². The lowest BCUT2D eigenvalue weighted by atomic mass is 9.78. The van der Waals surface area contributed by atoms with Crippen molar-refractivity contribution in [2.75, 3.05) is 0 Å². The summed E-state index contributed by atoms with van der Waals surface area (Å²) in [5.41, 5.74) is 0.204. The van der Waals surface area contributed by atoms with E-state index in [0.29, 0.717) is 6.04 Å². The van der Waals surface area contributed by atoms with E-state index in [-0.39, 0.29) is 11.5 Å². The number of rotatable bonds is 2. The number of nitrogens with one attached hydrogen (secondary N) is 1. The summed E-state index contributed by atoms with van der Waals surface area (Å²) < 4.78 is 5.51. The van der Waals surface area contributed by atoms with E-state index >= 15 is 0 Å². The lowest BCUT2D eigenvalue weighted by Crippen LogP contribution is -2.44. The predicted octanol–water partition coefficient (Wildman–Crippen LogP) is 3.64. The third-order valence-corrected chi connectivity index (χ3v) is 4.62. The molecule has 1 saturated heterocycles. The maximum atomic E-state index is 5.51. The Morgan fingerprint density at radius 3 is 2.75 bits per heavy atom. The number of piperidine rings is 1. The lowest BCUT2D eigenvalue weighted by Gasteiger charge is -2.39. The van der Waals surface area contributed by atoms with Gasteiger partial charge in [-0.25, -0.2) is 0 Å². The summed E-state index contributed by atoms with van der Waals surface area (Å²) in [6.45, 7) is 6.61. The number of hydrogen-bond donors (Lipinski definition) is 1. The standard InChI is InChI=1S/C16H27N3O/c1-16(2,3)10-14-18-15(20-19-14)13-9-8-11-6-4-5-7-12(11)17-13/h11-13,17H,4-10H2,1-3H3. The number of nitrogens with zero attached hydrogens (tertiary/aromatic N) is 2. The van der Waals surface area contributed by atoms with E-state index in [1.165, 1.54) is 32.1 Å². The third kappa shape index (κ3) is 3.22. The van der Waals surface area contributed by atoms with Crippen molar-refractivity contribution in [3.8, 4) is 0 Å². The van der Waals surface area contributed by atoms with Crippen LogP contribution in [0.3, 0.4) is 0 Å². The van der Waals surface area contributed by atoms with Gasteiger partial charge in [0.15, 0.2) is 5.82 Å². The lowest BCUT2D eigenvalue weighted by molar-refractivity contribution is 0.158. The Morgan fingerprint density at radius 2 is 1.95 bits per heavy atom. The summed E-state index contributed by atoms with van der Waals surface area (Å²) in [7, 11) is 0. The fraction of sp³-hybridized carbons (Fsp3) is 0.875. The van der Waals surface area contributed by atoms with E-state index < -0.39 is 0 Å². The fourth-order valence-electron chi connectivity index (χ4n) is 3.65. The van der Waals surface area contributed by atoms with Gasteiger partial charge >= 0.3 is 0 Å². The second-order valence-corrected chi connectivity index (χ2v) is 7.73. The molecule has 20 heavy (non-hydrogen) atoms. The Morgan fingerprint density at radius 1 is 1.15 bits per heavy atom. The summed E-state index contributed by atoms with van der Waals surface area (Å²) in [5.74, 6) is 2.52. The second kappa shape index (κ2) is 5.47. The highest BCUT2D eigenvalue weighted by atomic mass is 16.5. The van der Waals surface area contributed by atoms with Gasteiger partial charge in [-0.05, 0) is 37.0 Å². The normalized spacial score (nSPS) is 31.1. The molecule has 2 fully saturated rings. The molecule has 4 nitrogen and oxygen atoms in total. The largest absolute Gasteiger partial charge is 0.338 e. The Bertz CT molecular complexity index is 449. The van der Waals surface area contributed by atoms with Gasteiger partial charge in [0.2, 0.25) is 5.89 Å². The van der Waals surface area contributed by atoms with Gasteiger partial charge in [-0.2, -0.15) is 4.98 Å². The number of aromatic nitrogens is 2. The maximum Gasteiger partial charge on any atom is 0.243 e. The van der Waals surface area contributed by atoms with Crippen LogP contribution >= 0.6 is 0 Å². The summed E-state index contributed by atoms with van der Waals surface area (Å²) in [5, 5.41) is 7.91. The van der Waals surface area contributed by atoms with Gasteiger partial charge in [0.05, 0.1) is 6.04 Å². The zero-order chi connectivity index (χ0) is 14.2. The van der Waals surface area contributed by atoms with Gasteiger partial charge in [0, 0.05) is 12.5 Å². The first-order valence-corrected chi connectivity index (χ1v) is 8.10. The van der Waals surface area contributed by atoms with E-state index in [0.717, 1.165) is 30.5 Å².